The summed E-state index contributed by atoms with van der Waals surface area (Å²) in [5.41, 5.74) is 4.73. The molecular weight excluding hydrogens is 464 g/mol. The van der Waals surface area contributed by atoms with E-state index in [1.807, 2.05) is 57.2 Å². The van der Waals surface area contributed by atoms with Crippen LogP contribution in [-0.2, 0) is 11.3 Å². The number of carbonyl (C=O) groups excluding carboxylic acids is 1. The van der Waals surface area contributed by atoms with Crippen LogP contribution in [0.2, 0.25) is 0 Å². The van der Waals surface area contributed by atoms with Crippen LogP contribution >= 0.6 is 11.3 Å². The highest BCUT2D eigenvalue weighted by atomic mass is 32.1. The Labute approximate surface area is 206 Å². The highest BCUT2D eigenvalue weighted by molar-refractivity contribution is 7.19. The highest BCUT2D eigenvalue weighted by Crippen LogP contribution is 2.35. The van der Waals surface area contributed by atoms with Crippen molar-refractivity contribution in [2.45, 2.75) is 33.4 Å². The molecule has 0 fully saturated rings. The van der Waals surface area contributed by atoms with Gasteiger partial charge in [-0.2, -0.15) is 5.10 Å². The molecule has 8 nitrogen and oxygen atoms in total. The van der Waals surface area contributed by atoms with E-state index in [0.717, 1.165) is 21.6 Å². The van der Waals surface area contributed by atoms with E-state index in [-0.39, 0.29) is 18.2 Å². The average Bonchev–Trinajstić information content (AvgIpc) is 3.18. The molecule has 0 aliphatic rings. The zero-order chi connectivity index (χ0) is 24.9. The van der Waals surface area contributed by atoms with Gasteiger partial charge in [-0.25, -0.2) is 10.4 Å². The number of ether oxygens (including phenoxy) is 2. The van der Waals surface area contributed by atoms with E-state index >= 15 is 0 Å². The van der Waals surface area contributed by atoms with Crippen molar-refractivity contribution in [1.82, 2.24) is 15.0 Å². The van der Waals surface area contributed by atoms with E-state index in [4.69, 9.17) is 9.47 Å². The fourth-order valence-electron chi connectivity index (χ4n) is 3.69. The molecule has 0 aliphatic heterocycles. The van der Waals surface area contributed by atoms with E-state index in [1.54, 1.807) is 19.2 Å². The number of carbonyl (C=O) groups is 1. The molecule has 9 heteroatoms. The lowest BCUT2D eigenvalue weighted by atomic mass is 10.0. The number of aryl methyl sites for hydroxylation is 1. The molecule has 0 atom stereocenters. The van der Waals surface area contributed by atoms with Crippen molar-refractivity contribution in [2.24, 2.45) is 5.10 Å². The van der Waals surface area contributed by atoms with Crippen LogP contribution in [-0.4, -0.2) is 34.9 Å². The molecule has 0 radical (unpaired) electrons. The van der Waals surface area contributed by atoms with E-state index in [1.165, 1.54) is 28.4 Å². The van der Waals surface area contributed by atoms with Crippen LogP contribution in [0.5, 0.6) is 11.5 Å². The number of thiophene rings is 1. The smallest absolute Gasteiger partial charge is 0.263 e. The molecule has 0 spiro atoms. The van der Waals surface area contributed by atoms with Crippen LogP contribution in [0, 0.1) is 6.92 Å². The third-order valence-electron chi connectivity index (χ3n) is 5.18. The van der Waals surface area contributed by atoms with Crippen molar-refractivity contribution in [2.75, 3.05) is 7.11 Å². The second-order valence-corrected chi connectivity index (χ2v) is 9.33. The van der Waals surface area contributed by atoms with Crippen LogP contribution in [0.4, 0.5) is 0 Å². The summed E-state index contributed by atoms with van der Waals surface area (Å²) in [7, 11) is 1.56. The molecule has 0 saturated heterocycles. The van der Waals surface area contributed by atoms with Crippen LogP contribution < -0.4 is 20.5 Å². The molecule has 1 amide bonds. The number of hydrogen-bond donors (Lipinski definition) is 1. The van der Waals surface area contributed by atoms with Gasteiger partial charge >= 0.3 is 0 Å². The first-order chi connectivity index (χ1) is 16.9. The zero-order valence-corrected chi connectivity index (χ0v) is 20.8. The number of hydrazone groups is 1. The number of hydrogen-bond acceptors (Lipinski definition) is 7. The summed E-state index contributed by atoms with van der Waals surface area (Å²) in [5.74, 6) is 0.758. The quantitative estimate of drug-likeness (QED) is 0.292. The van der Waals surface area contributed by atoms with Crippen molar-refractivity contribution in [3.63, 3.8) is 0 Å². The minimum atomic E-state index is -0.440. The number of fused-ring (bicyclic) bond motifs is 1. The van der Waals surface area contributed by atoms with Crippen LogP contribution in [0.1, 0.15) is 24.3 Å². The Hall–Kier alpha value is -3.98. The van der Waals surface area contributed by atoms with Crippen molar-refractivity contribution in [3.05, 3.63) is 75.7 Å². The minimum Gasteiger partial charge on any atom is -0.493 e. The number of rotatable bonds is 8. The first-order valence-electron chi connectivity index (χ1n) is 11.1. The number of amides is 1. The summed E-state index contributed by atoms with van der Waals surface area (Å²) in [5, 5.41) is 4.53. The molecule has 0 saturated carbocycles. The number of methoxy groups -OCH3 is 1. The Bertz CT molecular complexity index is 1440. The van der Waals surface area contributed by atoms with Gasteiger partial charge in [-0.1, -0.05) is 30.3 Å². The molecule has 2 heterocycles. The molecule has 4 rings (SSSR count). The Morgan fingerprint density at radius 3 is 2.69 bits per heavy atom. The monoisotopic (exact) mass is 490 g/mol. The van der Waals surface area contributed by atoms with Crippen LogP contribution in [0.15, 0.2) is 64.8 Å². The predicted octanol–water partition coefficient (Wildman–Crippen LogP) is 4.38. The highest BCUT2D eigenvalue weighted by Gasteiger charge is 2.17. The van der Waals surface area contributed by atoms with E-state index in [0.29, 0.717) is 21.7 Å². The number of benzene rings is 2. The number of nitrogens with one attached hydrogen (secondary N) is 1. The second kappa shape index (κ2) is 10.5. The molecule has 35 heavy (non-hydrogen) atoms. The fourth-order valence-corrected chi connectivity index (χ4v) is 4.69. The van der Waals surface area contributed by atoms with Gasteiger partial charge in [0.05, 0.1) is 31.1 Å². The summed E-state index contributed by atoms with van der Waals surface area (Å²) < 4.78 is 12.4. The van der Waals surface area contributed by atoms with Gasteiger partial charge < -0.3 is 9.47 Å². The maximum absolute atomic E-state index is 13.2. The Kier molecular flexibility index (Phi) is 7.26. The Morgan fingerprint density at radius 1 is 1.20 bits per heavy atom. The van der Waals surface area contributed by atoms with Gasteiger partial charge in [-0.15, -0.1) is 11.3 Å². The molecule has 1 N–H and O–H groups in total. The minimum absolute atomic E-state index is 0.0154. The molecule has 4 aromatic rings. The van der Waals surface area contributed by atoms with Gasteiger partial charge in [0, 0.05) is 10.4 Å². The summed E-state index contributed by atoms with van der Waals surface area (Å²) in [6, 6.07) is 15.1. The predicted molar refractivity (Wildman–Crippen MR) is 139 cm³/mol. The van der Waals surface area contributed by atoms with Gasteiger partial charge in [0.1, 0.15) is 11.4 Å². The zero-order valence-electron chi connectivity index (χ0n) is 19.9. The first-order valence-corrected chi connectivity index (χ1v) is 11.9. The van der Waals surface area contributed by atoms with E-state index < -0.39 is 5.91 Å². The van der Waals surface area contributed by atoms with Gasteiger partial charge in [-0.3, -0.25) is 14.2 Å². The lowest BCUT2D eigenvalue weighted by Crippen LogP contribution is -2.30. The van der Waals surface area contributed by atoms with E-state index in [2.05, 4.69) is 15.5 Å². The van der Waals surface area contributed by atoms with Gasteiger partial charge in [0.2, 0.25) is 0 Å². The van der Waals surface area contributed by atoms with E-state index in [9.17, 15) is 9.59 Å². The van der Waals surface area contributed by atoms with Crippen molar-refractivity contribution >= 4 is 33.7 Å². The fraction of sp³-hybridized carbons (Fsp3) is 0.231. The first kappa shape index (κ1) is 24.2. The average molecular weight is 491 g/mol. The molecule has 2 aromatic carbocycles. The number of aromatic nitrogens is 2. The lowest BCUT2D eigenvalue weighted by Gasteiger charge is -2.13. The summed E-state index contributed by atoms with van der Waals surface area (Å²) in [6.07, 6.45) is 2.91. The normalized spacial score (nSPS) is 11.3. The summed E-state index contributed by atoms with van der Waals surface area (Å²) >= 11 is 1.47. The third-order valence-corrected chi connectivity index (χ3v) is 6.20. The van der Waals surface area contributed by atoms with Crippen molar-refractivity contribution in [1.29, 1.82) is 0 Å². The lowest BCUT2D eigenvalue weighted by molar-refractivity contribution is -0.121. The SMILES string of the molecule is COc1cc(C=NNC(=O)Cn2cnc3sc(C)c(-c4ccccc4)c3c2=O)ccc1OC(C)C. The maximum Gasteiger partial charge on any atom is 0.263 e. The Morgan fingerprint density at radius 2 is 1.97 bits per heavy atom. The van der Waals surface area contributed by atoms with Crippen LogP contribution in [0.25, 0.3) is 21.3 Å². The summed E-state index contributed by atoms with van der Waals surface area (Å²) in [4.78, 5) is 31.8. The standard InChI is InChI=1S/C26H26N4O4S/c1-16(2)34-20-11-10-18(12-21(20)33-4)13-28-29-22(31)14-30-15-27-25-24(26(30)32)23(17(3)35-25)19-8-6-5-7-9-19/h5-13,15-16H,14H2,1-4H3,(H,29,31). The molecular formula is C26H26N4O4S. The largest absolute Gasteiger partial charge is 0.493 e. The molecule has 0 unspecified atom stereocenters. The van der Waals surface area contributed by atoms with Gasteiger partial charge in [0.25, 0.3) is 11.5 Å². The number of nitrogens with zero attached hydrogens (tertiary/aromatic N) is 3. The van der Waals surface area contributed by atoms with Gasteiger partial charge in [-0.05, 0) is 50.1 Å². The molecule has 0 bridgehead atoms. The Balaban J connectivity index is 1.50. The summed E-state index contributed by atoms with van der Waals surface area (Å²) in [6.45, 7) is 5.64. The molecule has 0 aliphatic carbocycles. The maximum atomic E-state index is 13.2. The second-order valence-electron chi connectivity index (χ2n) is 8.13. The third kappa shape index (κ3) is 5.41. The van der Waals surface area contributed by atoms with Crippen molar-refractivity contribution in [3.8, 4) is 22.6 Å². The van der Waals surface area contributed by atoms with Gasteiger partial charge in [0.15, 0.2) is 11.5 Å². The van der Waals surface area contributed by atoms with Crippen molar-refractivity contribution < 1.29 is 14.3 Å². The molecule has 180 valence electrons. The molecule has 2 aromatic heterocycles. The topological polar surface area (TPSA) is 94.8 Å². The van der Waals surface area contributed by atoms with Crippen LogP contribution in [0.3, 0.4) is 0 Å².